The predicted molar refractivity (Wildman–Crippen MR) is 81.8 cm³/mol. The van der Waals surface area contributed by atoms with Crippen LogP contribution in [0.5, 0.6) is 0 Å². The summed E-state index contributed by atoms with van der Waals surface area (Å²) < 4.78 is 11.8. The van der Waals surface area contributed by atoms with Gasteiger partial charge in [-0.3, -0.25) is 0 Å². The molecule has 0 rings (SSSR count). The smallest absolute Gasteiger partial charge is 0.0860 e. The summed E-state index contributed by atoms with van der Waals surface area (Å²) in [5.74, 6) is 0.158. The van der Waals surface area contributed by atoms with Crippen molar-refractivity contribution in [2.45, 2.75) is 78.1 Å². The Morgan fingerprint density at radius 3 is 2.00 bits per heavy atom. The van der Waals surface area contributed by atoms with Crippen LogP contribution in [0.4, 0.5) is 0 Å². The maximum Gasteiger partial charge on any atom is 0.0860 e. The van der Waals surface area contributed by atoms with Crippen molar-refractivity contribution in [1.29, 1.82) is 0 Å². The zero-order chi connectivity index (χ0) is 15.4. The van der Waals surface area contributed by atoms with Gasteiger partial charge >= 0.3 is 0 Å². The van der Waals surface area contributed by atoms with E-state index in [2.05, 4.69) is 20.8 Å². The molecule has 122 valence electrons. The lowest BCUT2D eigenvalue weighted by Crippen LogP contribution is -2.37. The Hall–Kier alpha value is -0.160. The van der Waals surface area contributed by atoms with Crippen molar-refractivity contribution in [2.75, 3.05) is 19.8 Å². The molecule has 0 spiro atoms. The van der Waals surface area contributed by atoms with Gasteiger partial charge in [-0.05, 0) is 32.1 Å². The van der Waals surface area contributed by atoms with Crippen LogP contribution in [0.1, 0.15) is 59.8 Å². The van der Waals surface area contributed by atoms with Crippen molar-refractivity contribution >= 4 is 0 Å². The average molecular weight is 290 g/mol. The molecule has 0 aromatic heterocycles. The number of hydrogen-bond donors (Lipinski definition) is 2. The number of hydrogen-bond acceptors (Lipinski definition) is 4. The van der Waals surface area contributed by atoms with Gasteiger partial charge in [-0.2, -0.15) is 0 Å². The van der Waals surface area contributed by atoms with Crippen LogP contribution in [0.3, 0.4) is 0 Å². The third-order valence-corrected chi connectivity index (χ3v) is 3.56. The zero-order valence-electron chi connectivity index (χ0n) is 13.7. The molecule has 0 saturated heterocycles. The van der Waals surface area contributed by atoms with Gasteiger partial charge in [0.05, 0.1) is 24.9 Å². The van der Waals surface area contributed by atoms with Crippen LogP contribution in [0.2, 0.25) is 0 Å². The lowest BCUT2D eigenvalue weighted by Gasteiger charge is -2.30. The van der Waals surface area contributed by atoms with E-state index in [9.17, 15) is 5.11 Å². The minimum absolute atomic E-state index is 0.0132. The van der Waals surface area contributed by atoms with E-state index in [0.717, 1.165) is 38.9 Å². The van der Waals surface area contributed by atoms with Crippen LogP contribution in [0, 0.1) is 5.92 Å². The minimum Gasteiger partial charge on any atom is -0.394 e. The zero-order valence-corrected chi connectivity index (χ0v) is 13.7. The van der Waals surface area contributed by atoms with Gasteiger partial charge in [0.15, 0.2) is 0 Å². The highest BCUT2D eigenvalue weighted by molar-refractivity contribution is 4.76. The molecule has 0 fully saturated rings. The summed E-state index contributed by atoms with van der Waals surface area (Å²) in [6.45, 7) is 9.64. The summed E-state index contributed by atoms with van der Waals surface area (Å²) in [4.78, 5) is 0. The molecule has 0 aliphatic rings. The van der Waals surface area contributed by atoms with Crippen molar-refractivity contribution in [2.24, 2.45) is 5.92 Å². The van der Waals surface area contributed by atoms with Gasteiger partial charge in [-0.25, -0.2) is 0 Å². The SMILES string of the molecule is CCCCOC(C)[C@@H](OCCCC)C(C)CC(O)CO. The van der Waals surface area contributed by atoms with E-state index in [4.69, 9.17) is 14.6 Å². The fourth-order valence-corrected chi connectivity index (χ4v) is 2.27. The normalized spacial score (nSPS) is 17.7. The number of unbranched alkanes of at least 4 members (excludes halogenated alkanes) is 2. The highest BCUT2D eigenvalue weighted by Crippen LogP contribution is 2.20. The standard InChI is InChI=1S/C16H34O4/c1-5-7-9-19-14(4)16(20-10-8-6-2)13(3)11-15(18)12-17/h13-18H,5-12H2,1-4H3/t13?,14?,15?,16-/m0/s1. The lowest BCUT2D eigenvalue weighted by molar-refractivity contribution is -0.0963. The van der Waals surface area contributed by atoms with E-state index in [1.807, 2.05) is 6.92 Å². The molecule has 0 aliphatic heterocycles. The van der Waals surface area contributed by atoms with E-state index in [1.54, 1.807) is 0 Å². The molecule has 0 radical (unpaired) electrons. The van der Waals surface area contributed by atoms with Crippen molar-refractivity contribution in [3.05, 3.63) is 0 Å². The molecule has 0 saturated carbocycles. The summed E-state index contributed by atoms with van der Waals surface area (Å²) in [5.41, 5.74) is 0. The molecule has 3 unspecified atom stereocenters. The summed E-state index contributed by atoms with van der Waals surface area (Å²) >= 11 is 0. The first-order chi connectivity index (χ1) is 9.56. The van der Waals surface area contributed by atoms with Crippen molar-refractivity contribution in [3.8, 4) is 0 Å². The molecule has 0 aromatic rings. The molecular formula is C16H34O4. The van der Waals surface area contributed by atoms with Crippen LogP contribution in [-0.2, 0) is 9.47 Å². The first kappa shape index (κ1) is 19.8. The summed E-state index contributed by atoms with van der Waals surface area (Å²) in [6, 6.07) is 0. The van der Waals surface area contributed by atoms with Gasteiger partial charge in [0.1, 0.15) is 0 Å². The van der Waals surface area contributed by atoms with Gasteiger partial charge in [0.25, 0.3) is 0 Å². The Labute approximate surface area is 124 Å². The van der Waals surface area contributed by atoms with Crippen LogP contribution >= 0.6 is 0 Å². The third kappa shape index (κ3) is 8.90. The first-order valence-corrected chi connectivity index (χ1v) is 8.08. The van der Waals surface area contributed by atoms with E-state index in [0.29, 0.717) is 6.42 Å². The molecule has 4 heteroatoms. The Morgan fingerprint density at radius 1 is 0.950 bits per heavy atom. The fraction of sp³-hybridized carbons (Fsp3) is 1.00. The number of rotatable bonds is 13. The molecule has 0 heterocycles. The highest BCUT2D eigenvalue weighted by Gasteiger charge is 2.26. The van der Waals surface area contributed by atoms with Crippen LogP contribution < -0.4 is 0 Å². The monoisotopic (exact) mass is 290 g/mol. The lowest BCUT2D eigenvalue weighted by atomic mass is 9.94. The van der Waals surface area contributed by atoms with Gasteiger partial charge in [0.2, 0.25) is 0 Å². The number of aliphatic hydroxyl groups is 2. The largest absolute Gasteiger partial charge is 0.394 e. The second-order valence-electron chi connectivity index (χ2n) is 5.67. The van der Waals surface area contributed by atoms with Gasteiger partial charge in [0, 0.05) is 13.2 Å². The molecule has 0 aromatic carbocycles. The van der Waals surface area contributed by atoms with Gasteiger partial charge in [-0.1, -0.05) is 33.6 Å². The average Bonchev–Trinajstić information content (AvgIpc) is 2.43. The Kier molecular flexibility index (Phi) is 12.5. The van der Waals surface area contributed by atoms with E-state index in [1.165, 1.54) is 0 Å². The Morgan fingerprint density at radius 2 is 1.50 bits per heavy atom. The second-order valence-corrected chi connectivity index (χ2v) is 5.67. The topological polar surface area (TPSA) is 58.9 Å². The van der Waals surface area contributed by atoms with Crippen LogP contribution in [-0.4, -0.2) is 48.3 Å². The maximum atomic E-state index is 9.60. The van der Waals surface area contributed by atoms with Gasteiger partial charge < -0.3 is 19.7 Å². The first-order valence-electron chi connectivity index (χ1n) is 8.08. The van der Waals surface area contributed by atoms with Crippen molar-refractivity contribution in [1.82, 2.24) is 0 Å². The number of aliphatic hydroxyl groups excluding tert-OH is 2. The summed E-state index contributed by atoms with van der Waals surface area (Å²) in [6.07, 6.45) is 4.16. The quantitative estimate of drug-likeness (QED) is 0.512. The minimum atomic E-state index is -0.676. The highest BCUT2D eigenvalue weighted by atomic mass is 16.5. The molecule has 0 bridgehead atoms. The maximum absolute atomic E-state index is 9.60. The van der Waals surface area contributed by atoms with E-state index >= 15 is 0 Å². The molecular weight excluding hydrogens is 256 g/mol. The Bertz CT molecular complexity index is 211. The molecule has 4 nitrogen and oxygen atoms in total. The molecule has 20 heavy (non-hydrogen) atoms. The molecule has 2 N–H and O–H groups in total. The fourth-order valence-electron chi connectivity index (χ4n) is 2.27. The molecule has 0 aliphatic carbocycles. The van der Waals surface area contributed by atoms with Crippen molar-refractivity contribution in [3.63, 3.8) is 0 Å². The number of ether oxygens (including phenoxy) is 2. The van der Waals surface area contributed by atoms with Crippen molar-refractivity contribution < 1.29 is 19.7 Å². The van der Waals surface area contributed by atoms with Crippen LogP contribution in [0.15, 0.2) is 0 Å². The van der Waals surface area contributed by atoms with E-state index in [-0.39, 0.29) is 24.7 Å². The predicted octanol–water partition coefficient (Wildman–Crippen LogP) is 2.76. The molecule has 0 amide bonds. The second kappa shape index (κ2) is 12.6. The Balaban J connectivity index is 4.36. The summed E-state index contributed by atoms with van der Waals surface area (Å²) in [5, 5.41) is 18.6. The molecule has 4 atom stereocenters. The van der Waals surface area contributed by atoms with E-state index < -0.39 is 6.10 Å². The summed E-state index contributed by atoms with van der Waals surface area (Å²) in [7, 11) is 0. The van der Waals surface area contributed by atoms with Gasteiger partial charge in [-0.15, -0.1) is 0 Å². The third-order valence-electron chi connectivity index (χ3n) is 3.56. The van der Waals surface area contributed by atoms with Crippen LogP contribution in [0.25, 0.3) is 0 Å².